The van der Waals surface area contributed by atoms with E-state index in [1.165, 1.54) is 0 Å². The van der Waals surface area contributed by atoms with Gasteiger partial charge in [-0.3, -0.25) is 0 Å². The largest absolute Gasteiger partial charge is 0.397 e. The van der Waals surface area contributed by atoms with Crippen molar-refractivity contribution in [3.8, 4) is 0 Å². The predicted octanol–water partition coefficient (Wildman–Crippen LogP) is 1.39. The number of anilines is 2. The molecule has 0 aliphatic carbocycles. The third-order valence-electron chi connectivity index (χ3n) is 2.06. The number of likely N-dealkylation sites (N-methyl/N-ethyl adjacent to an activating group) is 1. The van der Waals surface area contributed by atoms with E-state index in [0.717, 1.165) is 28.9 Å². The molecule has 0 unspecified atom stereocenters. The molecule has 3 N–H and O–H groups in total. The SMILES string of the molecule is C[N+](C)(C)CCNc1ccccc1N. The van der Waals surface area contributed by atoms with E-state index in [2.05, 4.69) is 26.5 Å². The molecule has 0 aliphatic heterocycles. The Bertz CT molecular complexity index is 289. The molecule has 0 saturated heterocycles. The van der Waals surface area contributed by atoms with E-state index in [1.54, 1.807) is 0 Å². The van der Waals surface area contributed by atoms with Crippen LogP contribution >= 0.6 is 0 Å². The summed E-state index contributed by atoms with van der Waals surface area (Å²) in [6, 6.07) is 7.85. The predicted molar refractivity (Wildman–Crippen MR) is 62.2 cm³/mol. The first-order valence-corrected chi connectivity index (χ1v) is 4.88. The zero-order chi connectivity index (χ0) is 10.6. The number of hydrogen-bond acceptors (Lipinski definition) is 2. The highest BCUT2D eigenvalue weighted by atomic mass is 15.3. The van der Waals surface area contributed by atoms with Crippen LogP contribution in [0.1, 0.15) is 0 Å². The fourth-order valence-electron chi connectivity index (χ4n) is 1.18. The zero-order valence-corrected chi connectivity index (χ0v) is 9.25. The molecule has 0 aromatic heterocycles. The molecule has 0 radical (unpaired) electrons. The Labute approximate surface area is 86.1 Å². The quantitative estimate of drug-likeness (QED) is 0.561. The van der Waals surface area contributed by atoms with Gasteiger partial charge in [-0.1, -0.05) is 12.1 Å². The topological polar surface area (TPSA) is 38.0 Å². The van der Waals surface area contributed by atoms with E-state index >= 15 is 0 Å². The molecule has 3 nitrogen and oxygen atoms in total. The summed E-state index contributed by atoms with van der Waals surface area (Å²) in [7, 11) is 6.53. The summed E-state index contributed by atoms with van der Waals surface area (Å²) in [4.78, 5) is 0. The summed E-state index contributed by atoms with van der Waals surface area (Å²) in [5.74, 6) is 0. The van der Waals surface area contributed by atoms with E-state index in [4.69, 9.17) is 5.73 Å². The van der Waals surface area contributed by atoms with Crippen molar-refractivity contribution in [2.75, 3.05) is 45.3 Å². The molecule has 14 heavy (non-hydrogen) atoms. The molecule has 1 rings (SSSR count). The minimum atomic E-state index is 0.814. The fraction of sp³-hybridized carbons (Fsp3) is 0.455. The lowest BCUT2D eigenvalue weighted by atomic mass is 10.2. The molecule has 1 aromatic carbocycles. The van der Waals surface area contributed by atoms with E-state index in [9.17, 15) is 0 Å². The van der Waals surface area contributed by atoms with Crippen molar-refractivity contribution in [2.24, 2.45) is 0 Å². The Balaban J connectivity index is 2.43. The molecule has 0 amide bonds. The van der Waals surface area contributed by atoms with Crippen LogP contribution in [0.25, 0.3) is 0 Å². The zero-order valence-electron chi connectivity index (χ0n) is 9.25. The number of quaternary nitrogens is 1. The summed E-state index contributed by atoms with van der Waals surface area (Å²) in [5.41, 5.74) is 7.65. The average Bonchev–Trinajstić information content (AvgIpc) is 2.06. The molecule has 0 saturated carbocycles. The second-order valence-corrected chi connectivity index (χ2v) is 4.53. The van der Waals surface area contributed by atoms with Crippen LogP contribution in [0.3, 0.4) is 0 Å². The molecule has 0 atom stereocenters. The van der Waals surface area contributed by atoms with Gasteiger partial charge in [0.1, 0.15) is 0 Å². The number of rotatable bonds is 4. The molecule has 3 heteroatoms. The Hall–Kier alpha value is -1.22. The van der Waals surface area contributed by atoms with Gasteiger partial charge in [0.05, 0.1) is 45.6 Å². The summed E-state index contributed by atoms with van der Waals surface area (Å²) in [6.45, 7) is 2.02. The van der Waals surface area contributed by atoms with Crippen molar-refractivity contribution in [3.63, 3.8) is 0 Å². The number of benzene rings is 1. The summed E-state index contributed by atoms with van der Waals surface area (Å²) >= 11 is 0. The lowest BCUT2D eigenvalue weighted by molar-refractivity contribution is -0.868. The third kappa shape index (κ3) is 3.66. The maximum absolute atomic E-state index is 5.80. The number of para-hydroxylation sites is 2. The molecule has 0 aliphatic rings. The standard InChI is InChI=1S/C11H20N3/c1-14(2,3)9-8-13-11-7-5-4-6-10(11)12/h4-7,13H,8-9,12H2,1-3H3/q+1. The second-order valence-electron chi connectivity index (χ2n) is 4.53. The van der Waals surface area contributed by atoms with Gasteiger partial charge in [-0.15, -0.1) is 0 Å². The first-order valence-electron chi connectivity index (χ1n) is 4.88. The maximum atomic E-state index is 5.80. The van der Waals surface area contributed by atoms with E-state index in [1.807, 2.05) is 24.3 Å². The Morgan fingerprint density at radius 3 is 2.43 bits per heavy atom. The Morgan fingerprint density at radius 1 is 1.21 bits per heavy atom. The number of nitrogens with zero attached hydrogens (tertiary/aromatic N) is 1. The van der Waals surface area contributed by atoms with E-state index in [0.29, 0.717) is 0 Å². The van der Waals surface area contributed by atoms with Gasteiger partial charge in [0.15, 0.2) is 0 Å². The van der Waals surface area contributed by atoms with Crippen molar-refractivity contribution in [1.29, 1.82) is 0 Å². The van der Waals surface area contributed by atoms with Gasteiger partial charge in [0.25, 0.3) is 0 Å². The highest BCUT2D eigenvalue weighted by Crippen LogP contribution is 2.15. The van der Waals surface area contributed by atoms with Crippen molar-refractivity contribution in [3.05, 3.63) is 24.3 Å². The van der Waals surface area contributed by atoms with Crippen LogP contribution in [0.5, 0.6) is 0 Å². The van der Waals surface area contributed by atoms with Crippen LogP contribution in [-0.2, 0) is 0 Å². The number of nitrogen functional groups attached to an aromatic ring is 1. The molecular weight excluding hydrogens is 174 g/mol. The summed E-state index contributed by atoms with van der Waals surface area (Å²) in [6.07, 6.45) is 0. The van der Waals surface area contributed by atoms with Gasteiger partial charge in [0, 0.05) is 0 Å². The number of nitrogens with two attached hydrogens (primary N) is 1. The van der Waals surface area contributed by atoms with Crippen LogP contribution < -0.4 is 11.1 Å². The van der Waals surface area contributed by atoms with Crippen molar-refractivity contribution < 1.29 is 4.48 Å². The van der Waals surface area contributed by atoms with Gasteiger partial charge in [-0.25, -0.2) is 0 Å². The minimum Gasteiger partial charge on any atom is -0.397 e. The first-order chi connectivity index (χ1) is 6.49. The number of hydrogen-bond donors (Lipinski definition) is 2. The lowest BCUT2D eigenvalue weighted by Gasteiger charge is -2.24. The highest BCUT2D eigenvalue weighted by Gasteiger charge is 2.05. The number of nitrogens with one attached hydrogen (secondary N) is 1. The summed E-state index contributed by atoms with van der Waals surface area (Å²) < 4.78 is 0.958. The van der Waals surface area contributed by atoms with Gasteiger partial charge in [-0.05, 0) is 12.1 Å². The fourth-order valence-corrected chi connectivity index (χ4v) is 1.18. The molecule has 78 valence electrons. The first kappa shape index (κ1) is 10.9. The van der Waals surface area contributed by atoms with Crippen LogP contribution in [0.15, 0.2) is 24.3 Å². The molecule has 0 bridgehead atoms. The normalized spacial score (nSPS) is 11.4. The second kappa shape index (κ2) is 4.33. The summed E-state index contributed by atoms with van der Waals surface area (Å²) in [5, 5.41) is 3.33. The molecular formula is C11H20N3+. The Morgan fingerprint density at radius 2 is 1.86 bits per heavy atom. The Kier molecular flexibility index (Phi) is 3.36. The van der Waals surface area contributed by atoms with E-state index < -0.39 is 0 Å². The monoisotopic (exact) mass is 194 g/mol. The smallest absolute Gasteiger partial charge is 0.0955 e. The van der Waals surface area contributed by atoms with E-state index in [-0.39, 0.29) is 0 Å². The van der Waals surface area contributed by atoms with Crippen molar-refractivity contribution >= 4 is 11.4 Å². The van der Waals surface area contributed by atoms with Crippen LogP contribution in [0.4, 0.5) is 11.4 Å². The third-order valence-corrected chi connectivity index (χ3v) is 2.06. The van der Waals surface area contributed by atoms with Gasteiger partial charge in [0.2, 0.25) is 0 Å². The average molecular weight is 194 g/mol. The van der Waals surface area contributed by atoms with Gasteiger partial charge < -0.3 is 15.5 Å². The van der Waals surface area contributed by atoms with Crippen molar-refractivity contribution in [2.45, 2.75) is 0 Å². The molecule has 0 fully saturated rings. The van der Waals surface area contributed by atoms with Crippen LogP contribution in [-0.4, -0.2) is 38.7 Å². The highest BCUT2D eigenvalue weighted by molar-refractivity contribution is 5.65. The van der Waals surface area contributed by atoms with Gasteiger partial charge in [-0.2, -0.15) is 0 Å². The maximum Gasteiger partial charge on any atom is 0.0955 e. The van der Waals surface area contributed by atoms with Crippen molar-refractivity contribution in [1.82, 2.24) is 0 Å². The van der Waals surface area contributed by atoms with Crippen LogP contribution in [0, 0.1) is 0 Å². The van der Waals surface area contributed by atoms with Crippen LogP contribution in [0.2, 0.25) is 0 Å². The van der Waals surface area contributed by atoms with Gasteiger partial charge >= 0.3 is 0 Å². The molecule has 1 aromatic rings. The molecule has 0 heterocycles. The lowest BCUT2D eigenvalue weighted by Crippen LogP contribution is -2.38. The molecule has 0 spiro atoms. The minimum absolute atomic E-state index is 0.814.